The number of carbonyl (C=O) groups is 1. The number of nitrogens with zero attached hydrogens (tertiary/aromatic N) is 6. The summed E-state index contributed by atoms with van der Waals surface area (Å²) in [5.74, 6) is 0.823. The van der Waals surface area contributed by atoms with Crippen LogP contribution in [0.4, 0.5) is 23.7 Å². The van der Waals surface area contributed by atoms with Crippen LogP contribution < -0.4 is 15.0 Å². The smallest absolute Gasteiger partial charge is 0.406 e. The van der Waals surface area contributed by atoms with Gasteiger partial charge in [0.1, 0.15) is 18.1 Å². The zero-order chi connectivity index (χ0) is 29.9. The maximum atomic E-state index is 12.8. The van der Waals surface area contributed by atoms with Gasteiger partial charge in [0.2, 0.25) is 0 Å². The molecule has 2 amide bonds. The molecule has 1 saturated heterocycles. The predicted molar refractivity (Wildman–Crippen MR) is 154 cm³/mol. The van der Waals surface area contributed by atoms with Crippen molar-refractivity contribution in [1.29, 1.82) is 5.26 Å². The molecule has 0 spiro atoms. The molecule has 0 aliphatic carbocycles. The van der Waals surface area contributed by atoms with Crippen LogP contribution in [0.25, 0.3) is 17.1 Å². The molecule has 1 aliphatic rings. The maximum absolute atomic E-state index is 12.8. The summed E-state index contributed by atoms with van der Waals surface area (Å²) < 4.78 is 42.5. The molecular formula is C29H24F3N7O2S. The number of hydrogen-bond donors (Lipinski definition) is 1. The molecule has 42 heavy (non-hydrogen) atoms. The van der Waals surface area contributed by atoms with E-state index in [-0.39, 0.29) is 5.75 Å². The van der Waals surface area contributed by atoms with E-state index in [0.29, 0.717) is 27.8 Å². The Labute approximate surface area is 243 Å². The number of benzene rings is 3. The molecule has 1 N–H and O–H groups in total. The normalized spacial score (nSPS) is 15.0. The molecule has 0 saturated carbocycles. The van der Waals surface area contributed by atoms with Gasteiger partial charge in [-0.2, -0.15) is 10.3 Å². The van der Waals surface area contributed by atoms with Gasteiger partial charge >= 0.3 is 12.4 Å². The highest BCUT2D eigenvalue weighted by molar-refractivity contribution is 8.14. The van der Waals surface area contributed by atoms with Gasteiger partial charge in [-0.1, -0.05) is 54.2 Å². The molecule has 1 atom stereocenters. The van der Waals surface area contributed by atoms with Gasteiger partial charge in [0.05, 0.1) is 11.8 Å². The fraction of sp³-hybridized carbons (Fsp3) is 0.207. The molecule has 2 heterocycles. The van der Waals surface area contributed by atoms with Gasteiger partial charge in [0.15, 0.2) is 11.0 Å². The Morgan fingerprint density at radius 1 is 1.10 bits per heavy atom. The summed E-state index contributed by atoms with van der Waals surface area (Å²) in [7, 11) is 0. The number of aryl methyl sites for hydroxylation is 2. The zero-order valence-electron chi connectivity index (χ0n) is 22.5. The number of nitriles is 1. The number of hydrogen-bond acceptors (Lipinski definition) is 6. The summed E-state index contributed by atoms with van der Waals surface area (Å²) in [5, 5.41) is 17.4. The van der Waals surface area contributed by atoms with Crippen molar-refractivity contribution in [2.24, 2.45) is 4.99 Å². The zero-order valence-corrected chi connectivity index (χ0v) is 23.3. The third kappa shape index (κ3) is 6.55. The summed E-state index contributed by atoms with van der Waals surface area (Å²) in [4.78, 5) is 23.4. The van der Waals surface area contributed by atoms with E-state index in [1.54, 1.807) is 24.3 Å². The summed E-state index contributed by atoms with van der Waals surface area (Å²) in [5.41, 5.74) is 4.90. The molecule has 3 aromatic carbocycles. The monoisotopic (exact) mass is 591 g/mol. The molecule has 1 aromatic heterocycles. The minimum atomic E-state index is -4.77. The lowest BCUT2D eigenvalue weighted by atomic mass is 10.1. The first kappa shape index (κ1) is 28.7. The Kier molecular flexibility index (Phi) is 8.17. The molecule has 5 rings (SSSR count). The molecule has 214 valence electrons. The second-order valence-electron chi connectivity index (χ2n) is 9.32. The number of anilines is 1. The molecule has 1 unspecified atom stereocenters. The Balaban J connectivity index is 1.26. The van der Waals surface area contributed by atoms with Crippen molar-refractivity contribution in [1.82, 2.24) is 20.1 Å². The van der Waals surface area contributed by atoms with Crippen LogP contribution in [0.1, 0.15) is 22.7 Å². The molecule has 0 bridgehead atoms. The Hall–Kier alpha value is -4.83. The standard InChI is InChI=1S/C29H24F3N7O2S/c1-18-4-3-5-19(2)25(18)38-14-15-42-28(38)36-27(40)35-24(16-33)20-6-8-21(9-7-20)26-34-17-39(37-26)22-10-12-23(13-11-22)41-29(30,31)32/h3-13,17,24H,14-15H2,1-2H3,(H,35,40)/b36-28-. The van der Waals surface area contributed by atoms with Crippen LogP contribution in [0.5, 0.6) is 5.75 Å². The summed E-state index contributed by atoms with van der Waals surface area (Å²) in [6, 6.07) is 18.6. The van der Waals surface area contributed by atoms with Crippen molar-refractivity contribution >= 4 is 28.6 Å². The minimum Gasteiger partial charge on any atom is -0.406 e. The average Bonchev–Trinajstić information content (AvgIpc) is 3.62. The van der Waals surface area contributed by atoms with E-state index in [4.69, 9.17) is 0 Å². The number of nitrogens with one attached hydrogen (secondary N) is 1. The molecule has 9 nitrogen and oxygen atoms in total. The van der Waals surface area contributed by atoms with Gasteiger partial charge in [-0.3, -0.25) is 0 Å². The van der Waals surface area contributed by atoms with E-state index in [2.05, 4.69) is 31.2 Å². The number of aromatic nitrogens is 3. The fourth-order valence-corrected chi connectivity index (χ4v) is 5.45. The lowest BCUT2D eigenvalue weighted by molar-refractivity contribution is -0.274. The number of ether oxygens (including phenoxy) is 1. The molecule has 13 heteroatoms. The van der Waals surface area contributed by atoms with E-state index >= 15 is 0 Å². The van der Waals surface area contributed by atoms with Crippen LogP contribution in [-0.2, 0) is 0 Å². The van der Waals surface area contributed by atoms with E-state index in [0.717, 1.165) is 29.1 Å². The van der Waals surface area contributed by atoms with Crippen LogP contribution in [0.2, 0.25) is 0 Å². The number of para-hydroxylation sites is 1. The first-order valence-corrected chi connectivity index (χ1v) is 13.7. The van der Waals surface area contributed by atoms with Gasteiger partial charge in [-0.15, -0.1) is 18.3 Å². The number of thioether (sulfide) groups is 1. The first-order chi connectivity index (χ1) is 20.1. The van der Waals surface area contributed by atoms with Crippen LogP contribution in [0, 0.1) is 25.2 Å². The quantitative estimate of drug-likeness (QED) is 0.279. The van der Waals surface area contributed by atoms with Crippen LogP contribution in [-0.4, -0.2) is 44.6 Å². The van der Waals surface area contributed by atoms with Gasteiger partial charge in [-0.25, -0.2) is 14.5 Å². The second kappa shape index (κ2) is 12.0. The Bertz CT molecular complexity index is 1640. The van der Waals surface area contributed by atoms with Crippen LogP contribution in [0.3, 0.4) is 0 Å². The van der Waals surface area contributed by atoms with Gasteiger partial charge in [-0.05, 0) is 54.8 Å². The number of alkyl halides is 3. The lowest BCUT2D eigenvalue weighted by Gasteiger charge is -2.22. The highest BCUT2D eigenvalue weighted by Crippen LogP contribution is 2.31. The van der Waals surface area contributed by atoms with Crippen molar-refractivity contribution in [3.05, 3.63) is 89.7 Å². The van der Waals surface area contributed by atoms with E-state index in [1.165, 1.54) is 47.0 Å². The van der Waals surface area contributed by atoms with E-state index in [9.17, 15) is 23.2 Å². The number of carbonyl (C=O) groups excluding carboxylic acids is 1. The fourth-order valence-electron chi connectivity index (χ4n) is 4.51. The van der Waals surface area contributed by atoms with Crippen molar-refractivity contribution in [2.75, 3.05) is 17.2 Å². The number of amidine groups is 1. The van der Waals surface area contributed by atoms with Crippen molar-refractivity contribution < 1.29 is 22.7 Å². The minimum absolute atomic E-state index is 0.339. The molecule has 1 fully saturated rings. The largest absolute Gasteiger partial charge is 0.573 e. The third-order valence-corrected chi connectivity index (χ3v) is 7.37. The Morgan fingerprint density at radius 2 is 1.79 bits per heavy atom. The van der Waals surface area contributed by atoms with Crippen LogP contribution >= 0.6 is 11.8 Å². The number of urea groups is 1. The predicted octanol–water partition coefficient (Wildman–Crippen LogP) is 6.33. The summed E-state index contributed by atoms with van der Waals surface area (Å²) in [6.45, 7) is 4.77. The van der Waals surface area contributed by atoms with Crippen molar-refractivity contribution in [2.45, 2.75) is 26.3 Å². The average molecular weight is 592 g/mol. The molecule has 0 radical (unpaired) electrons. The summed E-state index contributed by atoms with van der Waals surface area (Å²) >= 11 is 1.49. The first-order valence-electron chi connectivity index (χ1n) is 12.7. The number of amides is 2. The topological polar surface area (TPSA) is 108 Å². The SMILES string of the molecule is Cc1cccc(C)c1N1CCS/C1=N\C(=O)NC(C#N)c1ccc(-c2ncn(-c3ccc(OC(F)(F)F)cc3)n2)cc1. The highest BCUT2D eigenvalue weighted by Gasteiger charge is 2.31. The number of halogens is 3. The van der Waals surface area contributed by atoms with Gasteiger partial charge in [0.25, 0.3) is 0 Å². The van der Waals surface area contributed by atoms with E-state index in [1.807, 2.05) is 36.9 Å². The third-order valence-electron chi connectivity index (χ3n) is 6.41. The van der Waals surface area contributed by atoms with E-state index < -0.39 is 18.4 Å². The number of rotatable bonds is 6. The van der Waals surface area contributed by atoms with Gasteiger partial charge in [0, 0.05) is 23.5 Å². The van der Waals surface area contributed by atoms with Crippen LogP contribution in [0.15, 0.2) is 78.0 Å². The Morgan fingerprint density at radius 3 is 2.43 bits per heavy atom. The molecule has 1 aliphatic heterocycles. The second-order valence-corrected chi connectivity index (χ2v) is 10.4. The van der Waals surface area contributed by atoms with Crippen molar-refractivity contribution in [3.8, 4) is 28.9 Å². The molecule has 4 aromatic rings. The summed E-state index contributed by atoms with van der Waals surface area (Å²) in [6.07, 6.45) is -3.34. The van der Waals surface area contributed by atoms with Crippen molar-refractivity contribution in [3.63, 3.8) is 0 Å². The molecular weight excluding hydrogens is 567 g/mol. The number of aliphatic imine (C=N–C) groups is 1. The lowest BCUT2D eigenvalue weighted by Crippen LogP contribution is -2.30. The highest BCUT2D eigenvalue weighted by atomic mass is 32.2. The maximum Gasteiger partial charge on any atom is 0.573 e. The van der Waals surface area contributed by atoms with Gasteiger partial charge < -0.3 is 15.0 Å².